The molecule has 0 spiro atoms. The molecule has 0 aliphatic heterocycles. The molecular weight excluding hydrogens is 646 g/mol. The van der Waals surface area contributed by atoms with Crippen molar-refractivity contribution in [2.75, 3.05) is 58.2 Å². The highest BCUT2D eigenvalue weighted by atomic mass is 16.6. The summed E-state index contributed by atoms with van der Waals surface area (Å²) in [5, 5.41) is 2.76. The fourth-order valence-corrected chi connectivity index (χ4v) is 3.79. The van der Waals surface area contributed by atoms with Gasteiger partial charge in [-0.25, -0.2) is 14.4 Å². The SMILES string of the molecule is C=CC(=O)OCCOCCOc1ccc(C=CC(=O)Nc2ccc(OC(=O)C=Cc3ccc(OCCOCCOC(=O)C=C)cc3)cc2)cc1. The lowest BCUT2D eigenvalue weighted by molar-refractivity contribution is -0.140. The van der Waals surface area contributed by atoms with E-state index in [4.69, 9.17) is 33.2 Å². The highest BCUT2D eigenvalue weighted by Crippen LogP contribution is 2.18. The monoisotopic (exact) mass is 685 g/mol. The summed E-state index contributed by atoms with van der Waals surface area (Å²) in [4.78, 5) is 46.6. The first-order valence-electron chi connectivity index (χ1n) is 15.5. The van der Waals surface area contributed by atoms with Crippen LogP contribution in [0.5, 0.6) is 17.2 Å². The van der Waals surface area contributed by atoms with Crippen molar-refractivity contribution in [1.29, 1.82) is 0 Å². The molecule has 0 aromatic heterocycles. The molecule has 0 heterocycles. The molecule has 3 aromatic carbocycles. The number of ether oxygens (including phenoxy) is 7. The van der Waals surface area contributed by atoms with E-state index in [0.717, 1.165) is 23.3 Å². The van der Waals surface area contributed by atoms with E-state index in [2.05, 4.69) is 18.5 Å². The number of carbonyl (C=O) groups is 4. The predicted octanol–water partition coefficient (Wildman–Crippen LogP) is 5.21. The molecule has 0 atom stereocenters. The Morgan fingerprint density at radius 3 is 1.44 bits per heavy atom. The van der Waals surface area contributed by atoms with Gasteiger partial charge in [0, 0.05) is 30.0 Å². The maximum absolute atomic E-state index is 12.4. The minimum atomic E-state index is -0.561. The number of nitrogens with one attached hydrogen (secondary N) is 1. The average molecular weight is 686 g/mol. The molecule has 12 heteroatoms. The number of amides is 1. The molecule has 12 nitrogen and oxygen atoms in total. The lowest BCUT2D eigenvalue weighted by atomic mass is 10.2. The standard InChI is InChI=1S/C38H39NO11/c1-3-36(41)48-27-23-44-21-25-46-32-13-5-29(6-14-32)9-19-35(40)39-31-11-17-34(18-12-31)50-38(43)20-10-30-7-15-33(16-8-30)47-26-22-45-24-28-49-37(42)4-2/h3-20H,1-2,21-28H2,(H,39,40). The van der Waals surface area contributed by atoms with E-state index in [0.29, 0.717) is 49.4 Å². The van der Waals surface area contributed by atoms with E-state index in [9.17, 15) is 19.2 Å². The maximum atomic E-state index is 12.4. The molecule has 0 saturated carbocycles. The second-order valence-corrected chi connectivity index (χ2v) is 9.90. The number of hydrogen-bond acceptors (Lipinski definition) is 11. The van der Waals surface area contributed by atoms with E-state index >= 15 is 0 Å². The Kier molecular flexibility index (Phi) is 17.4. The molecule has 0 aliphatic rings. The van der Waals surface area contributed by atoms with Gasteiger partial charge < -0.3 is 38.5 Å². The third-order valence-electron chi connectivity index (χ3n) is 6.21. The summed E-state index contributed by atoms with van der Waals surface area (Å²) < 4.78 is 36.8. The van der Waals surface area contributed by atoms with Crippen LogP contribution in [0.25, 0.3) is 12.2 Å². The Labute approximate surface area is 290 Å². The Hall–Kier alpha value is -5.98. The molecule has 3 aromatic rings. The molecule has 0 fully saturated rings. The van der Waals surface area contributed by atoms with Crippen molar-refractivity contribution in [2.45, 2.75) is 0 Å². The minimum Gasteiger partial charge on any atom is -0.491 e. The second-order valence-electron chi connectivity index (χ2n) is 9.90. The van der Waals surface area contributed by atoms with E-state index in [-0.39, 0.29) is 32.3 Å². The Morgan fingerprint density at radius 1 is 0.520 bits per heavy atom. The van der Waals surface area contributed by atoms with Gasteiger partial charge in [0.2, 0.25) is 5.91 Å². The van der Waals surface area contributed by atoms with Crippen LogP contribution < -0.4 is 19.5 Å². The highest BCUT2D eigenvalue weighted by Gasteiger charge is 2.04. The Balaban J connectivity index is 1.31. The van der Waals surface area contributed by atoms with Crippen LogP contribution in [0.4, 0.5) is 5.69 Å². The molecule has 0 saturated heterocycles. The summed E-state index contributed by atoms with van der Waals surface area (Å²) in [6.45, 7) is 8.76. The van der Waals surface area contributed by atoms with Crippen LogP contribution >= 0.6 is 0 Å². The predicted molar refractivity (Wildman–Crippen MR) is 187 cm³/mol. The van der Waals surface area contributed by atoms with Crippen molar-refractivity contribution < 1.29 is 52.3 Å². The summed E-state index contributed by atoms with van der Waals surface area (Å²) in [5.74, 6) is -0.277. The summed E-state index contributed by atoms with van der Waals surface area (Å²) in [6.07, 6.45) is 8.19. The van der Waals surface area contributed by atoms with Gasteiger partial charge in [-0.15, -0.1) is 0 Å². The molecule has 0 radical (unpaired) electrons. The van der Waals surface area contributed by atoms with E-state index in [1.807, 2.05) is 12.1 Å². The number of carbonyl (C=O) groups excluding carboxylic acids is 4. The van der Waals surface area contributed by atoms with Crippen LogP contribution in [0, 0.1) is 0 Å². The van der Waals surface area contributed by atoms with Crippen molar-refractivity contribution in [3.8, 4) is 17.2 Å². The summed E-state index contributed by atoms with van der Waals surface area (Å²) in [7, 11) is 0. The van der Waals surface area contributed by atoms with Crippen LogP contribution in [-0.4, -0.2) is 76.7 Å². The van der Waals surface area contributed by atoms with Gasteiger partial charge in [-0.3, -0.25) is 4.79 Å². The van der Waals surface area contributed by atoms with Gasteiger partial charge in [0.25, 0.3) is 0 Å². The van der Waals surface area contributed by atoms with Gasteiger partial charge in [0.05, 0.1) is 26.4 Å². The van der Waals surface area contributed by atoms with Crippen molar-refractivity contribution in [3.05, 3.63) is 121 Å². The normalized spacial score (nSPS) is 10.7. The van der Waals surface area contributed by atoms with Gasteiger partial charge in [0.1, 0.15) is 43.7 Å². The van der Waals surface area contributed by atoms with E-state index in [1.165, 1.54) is 12.2 Å². The fraction of sp³-hybridized carbons (Fsp3) is 0.211. The third-order valence-corrected chi connectivity index (χ3v) is 6.21. The zero-order chi connectivity index (χ0) is 35.8. The first kappa shape index (κ1) is 38.5. The molecule has 0 bridgehead atoms. The molecule has 1 N–H and O–H groups in total. The van der Waals surface area contributed by atoms with Gasteiger partial charge in [-0.2, -0.15) is 0 Å². The first-order valence-corrected chi connectivity index (χ1v) is 15.5. The number of anilines is 1. The largest absolute Gasteiger partial charge is 0.491 e. The van der Waals surface area contributed by atoms with Crippen LogP contribution in [-0.2, 0) is 38.1 Å². The summed E-state index contributed by atoms with van der Waals surface area (Å²) in [5.41, 5.74) is 2.10. The van der Waals surface area contributed by atoms with Crippen LogP contribution in [0.3, 0.4) is 0 Å². The zero-order valence-electron chi connectivity index (χ0n) is 27.5. The van der Waals surface area contributed by atoms with Gasteiger partial charge in [-0.05, 0) is 71.8 Å². The van der Waals surface area contributed by atoms with Crippen molar-refractivity contribution >= 4 is 41.7 Å². The summed E-state index contributed by atoms with van der Waals surface area (Å²) >= 11 is 0. The molecule has 50 heavy (non-hydrogen) atoms. The Bertz CT molecular complexity index is 1470. The van der Waals surface area contributed by atoms with E-state index in [1.54, 1.807) is 72.8 Å². The van der Waals surface area contributed by atoms with Crippen molar-refractivity contribution in [2.24, 2.45) is 0 Å². The maximum Gasteiger partial charge on any atom is 0.336 e. The highest BCUT2D eigenvalue weighted by molar-refractivity contribution is 6.02. The number of esters is 3. The quantitative estimate of drug-likeness (QED) is 0.0644. The smallest absolute Gasteiger partial charge is 0.336 e. The number of rotatable bonds is 22. The Morgan fingerprint density at radius 2 is 0.960 bits per heavy atom. The first-order chi connectivity index (χ1) is 24.3. The lowest BCUT2D eigenvalue weighted by Crippen LogP contribution is -2.12. The van der Waals surface area contributed by atoms with Gasteiger partial charge >= 0.3 is 17.9 Å². The topological polar surface area (TPSA) is 145 Å². The van der Waals surface area contributed by atoms with E-state index < -0.39 is 17.9 Å². The van der Waals surface area contributed by atoms with Gasteiger partial charge in [-0.1, -0.05) is 37.4 Å². The molecule has 0 unspecified atom stereocenters. The molecule has 1 amide bonds. The number of benzene rings is 3. The van der Waals surface area contributed by atoms with Crippen molar-refractivity contribution in [3.63, 3.8) is 0 Å². The third kappa shape index (κ3) is 16.2. The van der Waals surface area contributed by atoms with Crippen LogP contribution in [0.15, 0.2) is 110 Å². The molecule has 0 aliphatic carbocycles. The fourth-order valence-electron chi connectivity index (χ4n) is 3.79. The molecular formula is C38H39NO11. The lowest BCUT2D eigenvalue weighted by Gasteiger charge is -2.08. The van der Waals surface area contributed by atoms with Crippen molar-refractivity contribution in [1.82, 2.24) is 0 Å². The molecule has 3 rings (SSSR count). The minimum absolute atomic E-state index is 0.145. The van der Waals surface area contributed by atoms with Crippen LogP contribution in [0.1, 0.15) is 11.1 Å². The molecule has 262 valence electrons. The second kappa shape index (κ2) is 22.6. The van der Waals surface area contributed by atoms with Crippen LogP contribution in [0.2, 0.25) is 0 Å². The zero-order valence-corrected chi connectivity index (χ0v) is 27.5. The average Bonchev–Trinajstić information content (AvgIpc) is 3.13. The summed E-state index contributed by atoms with van der Waals surface area (Å²) in [6, 6.07) is 20.7. The van der Waals surface area contributed by atoms with Gasteiger partial charge in [0.15, 0.2) is 0 Å². The number of hydrogen-bond donors (Lipinski definition) is 1.